The molecule has 3 aromatic rings. The van der Waals surface area contributed by atoms with Crippen LogP contribution in [0.3, 0.4) is 0 Å². The zero-order valence-corrected chi connectivity index (χ0v) is 13.8. The Hall–Kier alpha value is -2.40. The molecule has 122 valence electrons. The molecule has 0 bridgehead atoms. The molecule has 3 atom stereocenters. The maximum Gasteiger partial charge on any atom is 0.142 e. The van der Waals surface area contributed by atoms with Crippen molar-refractivity contribution in [2.75, 3.05) is 31.6 Å². The molecule has 2 fully saturated rings. The highest BCUT2D eigenvalue weighted by Crippen LogP contribution is 2.45. The monoisotopic (exact) mass is 319 g/mol. The third-order valence-electron chi connectivity index (χ3n) is 5.67. The number of likely N-dealkylation sites (tertiary alicyclic amines) is 1. The number of anilines is 1. The summed E-state index contributed by atoms with van der Waals surface area (Å²) in [6.07, 6.45) is 3.61. The third-order valence-corrected chi connectivity index (χ3v) is 5.67. The Morgan fingerprint density at radius 3 is 2.79 bits per heavy atom. The van der Waals surface area contributed by atoms with E-state index in [2.05, 4.69) is 68.2 Å². The number of H-pyrrole nitrogens is 1. The summed E-state index contributed by atoms with van der Waals surface area (Å²) in [6.45, 7) is 3.30. The molecule has 0 unspecified atom stereocenters. The molecule has 2 aliphatic rings. The molecule has 0 radical (unpaired) electrons. The number of nitrogens with zero attached hydrogens (tertiary/aromatic N) is 4. The van der Waals surface area contributed by atoms with E-state index in [9.17, 15) is 0 Å². The van der Waals surface area contributed by atoms with Crippen LogP contribution in [0.15, 0.2) is 48.9 Å². The molecule has 0 saturated carbocycles. The highest BCUT2D eigenvalue weighted by atomic mass is 15.3. The quantitative estimate of drug-likeness (QED) is 0.789. The zero-order valence-electron chi connectivity index (χ0n) is 13.8. The highest BCUT2D eigenvalue weighted by Gasteiger charge is 2.46. The van der Waals surface area contributed by atoms with Gasteiger partial charge in [0.25, 0.3) is 0 Å². The minimum absolute atomic E-state index is 0.504. The number of hydrogen-bond donors (Lipinski definition) is 1. The Bertz CT molecular complexity index is 858. The van der Waals surface area contributed by atoms with Crippen molar-refractivity contribution in [3.8, 4) is 0 Å². The SMILES string of the molecule is CN1C[C@H]2CN(c3ncnc4[nH]ccc34)C[C@H]2[C@@H]1c1ccccc1. The lowest BCUT2D eigenvalue weighted by atomic mass is 9.90. The fraction of sp³-hybridized carbons (Fsp3) is 0.368. The van der Waals surface area contributed by atoms with Crippen molar-refractivity contribution in [2.24, 2.45) is 11.8 Å². The Kier molecular flexibility index (Phi) is 3.10. The van der Waals surface area contributed by atoms with Gasteiger partial charge in [-0.05, 0) is 24.6 Å². The van der Waals surface area contributed by atoms with Gasteiger partial charge in [-0.15, -0.1) is 0 Å². The van der Waals surface area contributed by atoms with Gasteiger partial charge < -0.3 is 9.88 Å². The number of aromatic nitrogens is 3. The van der Waals surface area contributed by atoms with E-state index >= 15 is 0 Å². The van der Waals surface area contributed by atoms with Crippen LogP contribution in [0.1, 0.15) is 11.6 Å². The molecule has 2 aromatic heterocycles. The van der Waals surface area contributed by atoms with Crippen LogP contribution in [0, 0.1) is 11.8 Å². The van der Waals surface area contributed by atoms with Crippen molar-refractivity contribution in [3.63, 3.8) is 0 Å². The van der Waals surface area contributed by atoms with Gasteiger partial charge in [0.05, 0.1) is 5.39 Å². The normalized spacial score (nSPS) is 27.0. The number of hydrogen-bond acceptors (Lipinski definition) is 4. The van der Waals surface area contributed by atoms with Crippen molar-refractivity contribution in [2.45, 2.75) is 6.04 Å². The van der Waals surface area contributed by atoms with Gasteiger partial charge >= 0.3 is 0 Å². The zero-order chi connectivity index (χ0) is 16.1. The minimum Gasteiger partial charge on any atom is -0.355 e. The van der Waals surface area contributed by atoms with Crippen LogP contribution < -0.4 is 4.90 Å². The topological polar surface area (TPSA) is 48.1 Å². The third kappa shape index (κ3) is 2.04. The molecule has 1 N–H and O–H groups in total. The molecule has 2 saturated heterocycles. The fourth-order valence-corrected chi connectivity index (χ4v) is 4.69. The molecule has 5 nitrogen and oxygen atoms in total. The molecule has 4 heterocycles. The summed E-state index contributed by atoms with van der Waals surface area (Å²) >= 11 is 0. The van der Waals surface area contributed by atoms with Crippen LogP contribution >= 0.6 is 0 Å². The van der Waals surface area contributed by atoms with E-state index in [0.29, 0.717) is 17.9 Å². The second-order valence-corrected chi connectivity index (χ2v) is 7.06. The number of benzene rings is 1. The van der Waals surface area contributed by atoms with E-state index < -0.39 is 0 Å². The predicted octanol–water partition coefficient (Wildman–Crippen LogP) is 2.70. The second-order valence-electron chi connectivity index (χ2n) is 7.06. The lowest BCUT2D eigenvalue weighted by molar-refractivity contribution is 0.280. The van der Waals surface area contributed by atoms with Gasteiger partial charge in [-0.3, -0.25) is 4.90 Å². The van der Waals surface area contributed by atoms with Gasteiger partial charge in [0.2, 0.25) is 0 Å². The van der Waals surface area contributed by atoms with Gasteiger partial charge in [0, 0.05) is 37.8 Å². The van der Waals surface area contributed by atoms with Crippen LogP contribution in [0.25, 0.3) is 11.0 Å². The molecule has 5 heteroatoms. The summed E-state index contributed by atoms with van der Waals surface area (Å²) in [5.41, 5.74) is 2.36. The number of fused-ring (bicyclic) bond motifs is 2. The lowest BCUT2D eigenvalue weighted by Crippen LogP contribution is -2.29. The maximum absolute atomic E-state index is 4.59. The van der Waals surface area contributed by atoms with E-state index in [4.69, 9.17) is 0 Å². The minimum atomic E-state index is 0.504. The van der Waals surface area contributed by atoms with E-state index in [0.717, 1.165) is 36.5 Å². The highest BCUT2D eigenvalue weighted by molar-refractivity contribution is 5.87. The fourth-order valence-electron chi connectivity index (χ4n) is 4.69. The molecular formula is C19H21N5. The Labute approximate surface area is 141 Å². The molecule has 0 spiro atoms. The first-order valence-corrected chi connectivity index (χ1v) is 8.59. The van der Waals surface area contributed by atoms with Crippen LogP contribution in [0.4, 0.5) is 5.82 Å². The van der Waals surface area contributed by atoms with Crippen LogP contribution in [0.5, 0.6) is 0 Å². The molecule has 1 aromatic carbocycles. The van der Waals surface area contributed by atoms with Gasteiger partial charge in [0.15, 0.2) is 0 Å². The molecule has 5 rings (SSSR count). The van der Waals surface area contributed by atoms with E-state index in [1.807, 2.05) is 6.20 Å². The maximum atomic E-state index is 4.59. The second kappa shape index (κ2) is 5.31. The van der Waals surface area contributed by atoms with Gasteiger partial charge in [-0.2, -0.15) is 0 Å². The first kappa shape index (κ1) is 14.0. The van der Waals surface area contributed by atoms with Crippen LogP contribution in [0.2, 0.25) is 0 Å². The number of nitrogens with one attached hydrogen (secondary N) is 1. The summed E-state index contributed by atoms with van der Waals surface area (Å²) in [7, 11) is 2.26. The van der Waals surface area contributed by atoms with Crippen molar-refractivity contribution in [1.82, 2.24) is 19.9 Å². The van der Waals surface area contributed by atoms with Gasteiger partial charge in [-0.25, -0.2) is 9.97 Å². The number of aromatic amines is 1. The van der Waals surface area contributed by atoms with Crippen molar-refractivity contribution < 1.29 is 0 Å². The van der Waals surface area contributed by atoms with Crippen LogP contribution in [-0.2, 0) is 0 Å². The summed E-state index contributed by atoms with van der Waals surface area (Å²) < 4.78 is 0. The van der Waals surface area contributed by atoms with Crippen LogP contribution in [-0.4, -0.2) is 46.5 Å². The first-order chi connectivity index (χ1) is 11.8. The summed E-state index contributed by atoms with van der Waals surface area (Å²) in [5.74, 6) is 2.43. The summed E-state index contributed by atoms with van der Waals surface area (Å²) in [6, 6.07) is 13.5. The Balaban J connectivity index is 1.47. The van der Waals surface area contributed by atoms with Crippen molar-refractivity contribution in [3.05, 3.63) is 54.5 Å². The molecule has 2 aliphatic heterocycles. The number of rotatable bonds is 2. The largest absolute Gasteiger partial charge is 0.355 e. The average molecular weight is 319 g/mol. The lowest BCUT2D eigenvalue weighted by Gasteiger charge is -2.27. The van der Waals surface area contributed by atoms with Gasteiger partial charge in [-0.1, -0.05) is 30.3 Å². The predicted molar refractivity (Wildman–Crippen MR) is 94.9 cm³/mol. The molecular weight excluding hydrogens is 298 g/mol. The summed E-state index contributed by atoms with van der Waals surface area (Å²) in [5, 5.41) is 1.13. The average Bonchev–Trinajstić information content (AvgIpc) is 3.28. The Morgan fingerprint density at radius 2 is 1.92 bits per heavy atom. The van der Waals surface area contributed by atoms with E-state index in [-0.39, 0.29) is 0 Å². The molecule has 0 aliphatic carbocycles. The summed E-state index contributed by atoms with van der Waals surface area (Å²) in [4.78, 5) is 17.1. The van der Waals surface area contributed by atoms with E-state index in [1.165, 1.54) is 5.56 Å². The van der Waals surface area contributed by atoms with E-state index in [1.54, 1.807) is 6.33 Å². The molecule has 0 amide bonds. The van der Waals surface area contributed by atoms with Crippen molar-refractivity contribution in [1.29, 1.82) is 0 Å². The van der Waals surface area contributed by atoms with Gasteiger partial charge in [0.1, 0.15) is 17.8 Å². The first-order valence-electron chi connectivity index (χ1n) is 8.59. The molecule has 24 heavy (non-hydrogen) atoms. The standard InChI is InChI=1S/C19H21N5/c1-23-9-14-10-24(19-15-7-8-20-18(15)21-12-22-19)11-16(14)17(23)13-5-3-2-4-6-13/h2-8,12,14,16-17H,9-11H2,1H3,(H,20,21,22)/t14-,16+,17-/m0/s1. The Morgan fingerprint density at radius 1 is 1.04 bits per heavy atom. The smallest absolute Gasteiger partial charge is 0.142 e. The van der Waals surface area contributed by atoms with Crippen molar-refractivity contribution >= 4 is 16.9 Å².